The van der Waals surface area contributed by atoms with Gasteiger partial charge in [0.2, 0.25) is 5.95 Å². The minimum atomic E-state index is -0.264. The molecule has 1 aromatic carbocycles. The number of carbonyl (C=O) groups is 1. The van der Waals surface area contributed by atoms with Gasteiger partial charge < -0.3 is 15.0 Å². The standard InChI is InChI=1S/C23H32N8O2/c1-4-6-12-24-20-19-21(31(17(3)25-19)18-10-8-7-9-11-18)27-22(26-20)28-30-15-13-29(14-16-30)23(32)33-5-2/h7-11H,4-6,12-16H2,1-3H3,(H2,24,26,27,28). The molecule has 176 valence electrons. The summed E-state index contributed by atoms with van der Waals surface area (Å²) in [5, 5.41) is 5.47. The smallest absolute Gasteiger partial charge is 0.409 e. The van der Waals surface area contributed by atoms with Crippen molar-refractivity contribution in [3.05, 3.63) is 36.2 Å². The molecule has 33 heavy (non-hydrogen) atoms. The average molecular weight is 453 g/mol. The molecule has 1 fully saturated rings. The van der Waals surface area contributed by atoms with E-state index < -0.39 is 0 Å². The van der Waals surface area contributed by atoms with E-state index in [1.807, 2.05) is 53.8 Å². The van der Waals surface area contributed by atoms with E-state index in [1.165, 1.54) is 0 Å². The molecule has 4 rings (SSSR count). The zero-order valence-electron chi connectivity index (χ0n) is 19.5. The monoisotopic (exact) mass is 452 g/mol. The van der Waals surface area contributed by atoms with Crippen molar-refractivity contribution in [1.82, 2.24) is 29.4 Å². The zero-order chi connectivity index (χ0) is 23.2. The van der Waals surface area contributed by atoms with Gasteiger partial charge in [-0.2, -0.15) is 9.97 Å². The number of fused-ring (bicyclic) bond motifs is 1. The Morgan fingerprint density at radius 3 is 2.52 bits per heavy atom. The Balaban J connectivity index is 1.61. The van der Waals surface area contributed by atoms with Crippen LogP contribution in [0.2, 0.25) is 0 Å². The summed E-state index contributed by atoms with van der Waals surface area (Å²) in [6.07, 6.45) is 1.87. The van der Waals surface area contributed by atoms with Crippen molar-refractivity contribution in [2.24, 2.45) is 0 Å². The molecule has 3 heterocycles. The molecular weight excluding hydrogens is 420 g/mol. The lowest BCUT2D eigenvalue weighted by atomic mass is 10.3. The van der Waals surface area contributed by atoms with Crippen LogP contribution in [0, 0.1) is 6.92 Å². The van der Waals surface area contributed by atoms with Crippen LogP contribution in [-0.2, 0) is 4.74 Å². The predicted molar refractivity (Wildman–Crippen MR) is 129 cm³/mol. The molecule has 1 aliphatic rings. The van der Waals surface area contributed by atoms with Gasteiger partial charge in [0.25, 0.3) is 0 Å². The highest BCUT2D eigenvalue weighted by molar-refractivity contribution is 5.86. The molecule has 10 heteroatoms. The molecule has 3 aromatic rings. The van der Waals surface area contributed by atoms with Crippen LogP contribution in [0.5, 0.6) is 0 Å². The minimum Gasteiger partial charge on any atom is -0.450 e. The second-order valence-electron chi connectivity index (χ2n) is 7.96. The summed E-state index contributed by atoms with van der Waals surface area (Å²) in [6, 6.07) is 10.1. The van der Waals surface area contributed by atoms with Gasteiger partial charge in [-0.3, -0.25) is 9.99 Å². The third-order valence-electron chi connectivity index (χ3n) is 5.58. The number of rotatable bonds is 8. The molecule has 0 unspecified atom stereocenters. The molecule has 0 aliphatic carbocycles. The van der Waals surface area contributed by atoms with E-state index in [0.717, 1.165) is 47.9 Å². The van der Waals surface area contributed by atoms with Crippen LogP contribution in [0.1, 0.15) is 32.5 Å². The first-order valence-electron chi connectivity index (χ1n) is 11.6. The maximum atomic E-state index is 12.0. The van der Waals surface area contributed by atoms with Crippen LogP contribution < -0.4 is 10.7 Å². The van der Waals surface area contributed by atoms with Gasteiger partial charge >= 0.3 is 6.09 Å². The number of aromatic nitrogens is 4. The van der Waals surface area contributed by atoms with Gasteiger partial charge in [0.15, 0.2) is 17.0 Å². The van der Waals surface area contributed by atoms with Gasteiger partial charge in [0.05, 0.1) is 6.61 Å². The molecule has 2 aromatic heterocycles. The molecule has 1 saturated heterocycles. The van der Waals surface area contributed by atoms with Crippen molar-refractivity contribution in [2.45, 2.75) is 33.6 Å². The van der Waals surface area contributed by atoms with Gasteiger partial charge in [-0.25, -0.2) is 14.8 Å². The van der Waals surface area contributed by atoms with Crippen molar-refractivity contribution in [2.75, 3.05) is 50.1 Å². The Morgan fingerprint density at radius 1 is 1.06 bits per heavy atom. The lowest BCUT2D eigenvalue weighted by Gasteiger charge is -2.33. The summed E-state index contributed by atoms with van der Waals surface area (Å²) in [5.74, 6) is 2.08. The number of piperazine rings is 1. The number of ether oxygens (including phenoxy) is 1. The summed E-state index contributed by atoms with van der Waals surface area (Å²) in [5.41, 5.74) is 5.84. The number of anilines is 2. The zero-order valence-corrected chi connectivity index (χ0v) is 19.5. The van der Waals surface area contributed by atoms with Crippen LogP contribution >= 0.6 is 0 Å². The molecule has 0 spiro atoms. The lowest BCUT2D eigenvalue weighted by molar-refractivity contribution is 0.0851. The molecule has 2 N–H and O–H groups in total. The van der Waals surface area contributed by atoms with Crippen molar-refractivity contribution in [3.63, 3.8) is 0 Å². The molecule has 0 radical (unpaired) electrons. The van der Waals surface area contributed by atoms with E-state index >= 15 is 0 Å². The number of imidazole rings is 1. The lowest BCUT2D eigenvalue weighted by Crippen LogP contribution is -2.50. The number of nitrogens with one attached hydrogen (secondary N) is 2. The van der Waals surface area contributed by atoms with Crippen LogP contribution in [0.15, 0.2) is 30.3 Å². The van der Waals surface area contributed by atoms with Crippen LogP contribution in [0.25, 0.3) is 16.9 Å². The summed E-state index contributed by atoms with van der Waals surface area (Å²) in [7, 11) is 0. The number of benzene rings is 1. The highest BCUT2D eigenvalue weighted by Gasteiger charge is 2.23. The average Bonchev–Trinajstić information content (AvgIpc) is 3.16. The number of hydrazine groups is 1. The number of nitrogens with zero attached hydrogens (tertiary/aromatic N) is 6. The quantitative estimate of drug-likeness (QED) is 0.502. The second kappa shape index (κ2) is 10.5. The Hall–Kier alpha value is -3.40. The van der Waals surface area contributed by atoms with Crippen LogP contribution in [-0.4, -0.2) is 74.9 Å². The van der Waals surface area contributed by atoms with E-state index in [9.17, 15) is 4.79 Å². The van der Waals surface area contributed by atoms with Crippen molar-refractivity contribution in [3.8, 4) is 5.69 Å². The Bertz CT molecular complexity index is 1080. The fourth-order valence-corrected chi connectivity index (χ4v) is 3.87. The molecule has 1 amide bonds. The van der Waals surface area contributed by atoms with E-state index in [4.69, 9.17) is 19.7 Å². The molecular formula is C23H32N8O2. The normalized spacial score (nSPS) is 14.5. The van der Waals surface area contributed by atoms with E-state index in [0.29, 0.717) is 38.7 Å². The predicted octanol–water partition coefficient (Wildman–Crippen LogP) is 3.44. The summed E-state index contributed by atoms with van der Waals surface area (Å²) >= 11 is 0. The van der Waals surface area contributed by atoms with Gasteiger partial charge in [-0.15, -0.1) is 0 Å². The van der Waals surface area contributed by atoms with Crippen molar-refractivity contribution in [1.29, 1.82) is 0 Å². The number of aryl methyl sites for hydroxylation is 1. The van der Waals surface area contributed by atoms with Crippen molar-refractivity contribution < 1.29 is 9.53 Å². The number of carbonyl (C=O) groups excluding carboxylic acids is 1. The number of para-hydroxylation sites is 1. The molecule has 0 bridgehead atoms. The van der Waals surface area contributed by atoms with Crippen molar-refractivity contribution >= 4 is 29.0 Å². The molecule has 0 atom stereocenters. The van der Waals surface area contributed by atoms with Gasteiger partial charge in [-0.05, 0) is 32.4 Å². The maximum absolute atomic E-state index is 12.0. The Morgan fingerprint density at radius 2 is 1.82 bits per heavy atom. The Labute approximate surface area is 193 Å². The van der Waals surface area contributed by atoms with Gasteiger partial charge in [0, 0.05) is 38.4 Å². The van der Waals surface area contributed by atoms with Gasteiger partial charge in [-0.1, -0.05) is 31.5 Å². The van der Waals surface area contributed by atoms with Crippen LogP contribution in [0.3, 0.4) is 0 Å². The highest BCUT2D eigenvalue weighted by Crippen LogP contribution is 2.26. The third kappa shape index (κ3) is 5.16. The Kier molecular flexibility index (Phi) is 7.23. The number of hydrogen-bond acceptors (Lipinski definition) is 8. The van der Waals surface area contributed by atoms with E-state index in [2.05, 4.69) is 17.7 Å². The maximum Gasteiger partial charge on any atom is 0.409 e. The fourth-order valence-electron chi connectivity index (χ4n) is 3.87. The molecule has 0 saturated carbocycles. The summed E-state index contributed by atoms with van der Waals surface area (Å²) in [4.78, 5) is 28.0. The molecule has 10 nitrogen and oxygen atoms in total. The summed E-state index contributed by atoms with van der Waals surface area (Å²) < 4.78 is 7.16. The van der Waals surface area contributed by atoms with E-state index in [-0.39, 0.29) is 6.09 Å². The first-order chi connectivity index (χ1) is 16.1. The van der Waals surface area contributed by atoms with E-state index in [1.54, 1.807) is 4.90 Å². The number of amides is 1. The summed E-state index contributed by atoms with van der Waals surface area (Å²) in [6.45, 7) is 9.61. The first-order valence-corrected chi connectivity index (χ1v) is 11.6. The van der Waals surface area contributed by atoms with Gasteiger partial charge in [0.1, 0.15) is 5.82 Å². The SMILES string of the molecule is CCCCNc1nc(NN2CCN(C(=O)OCC)CC2)nc2c1nc(C)n2-c1ccccc1. The molecule has 1 aliphatic heterocycles. The number of hydrogen-bond donors (Lipinski definition) is 2. The fraction of sp³-hybridized carbons (Fsp3) is 0.478. The largest absolute Gasteiger partial charge is 0.450 e. The van der Waals surface area contributed by atoms with Crippen LogP contribution in [0.4, 0.5) is 16.6 Å². The number of unbranched alkanes of at least 4 members (excludes halogenated alkanes) is 1. The second-order valence-corrected chi connectivity index (χ2v) is 7.96. The topological polar surface area (TPSA) is 100 Å². The highest BCUT2D eigenvalue weighted by atomic mass is 16.6. The third-order valence-corrected chi connectivity index (χ3v) is 5.58. The first kappa shape index (κ1) is 22.8. The minimum absolute atomic E-state index is 0.264.